The van der Waals surface area contributed by atoms with E-state index in [0.29, 0.717) is 0 Å². The lowest BCUT2D eigenvalue weighted by molar-refractivity contribution is 0.229. The van der Waals surface area contributed by atoms with Gasteiger partial charge in [0.15, 0.2) is 0 Å². The molecule has 19 heavy (non-hydrogen) atoms. The maximum Gasteiger partial charge on any atom is 0.0312 e. The number of hydrogen-bond donors (Lipinski definition) is 1. The molecule has 2 heterocycles. The Balaban J connectivity index is 1.69. The van der Waals surface area contributed by atoms with E-state index < -0.39 is 0 Å². The third-order valence-electron chi connectivity index (χ3n) is 4.28. The monoisotopic (exact) mass is 261 g/mol. The summed E-state index contributed by atoms with van der Waals surface area (Å²) in [7, 11) is 2.21. The Kier molecular flexibility index (Phi) is 5.80. The van der Waals surface area contributed by atoms with Crippen molar-refractivity contribution < 1.29 is 0 Å². The minimum atomic E-state index is 0.823. The number of piperidine rings is 1. The summed E-state index contributed by atoms with van der Waals surface area (Å²) in [6.07, 6.45) is 7.84. The van der Waals surface area contributed by atoms with E-state index >= 15 is 0 Å². The minimum Gasteiger partial charge on any atom is -0.316 e. The third kappa shape index (κ3) is 4.92. The molecule has 0 amide bonds. The van der Waals surface area contributed by atoms with Gasteiger partial charge in [-0.25, -0.2) is 0 Å². The van der Waals surface area contributed by atoms with Crippen LogP contribution in [-0.4, -0.2) is 36.6 Å². The van der Waals surface area contributed by atoms with Crippen LogP contribution in [0.5, 0.6) is 0 Å². The molecule has 1 aliphatic rings. The number of pyridine rings is 1. The minimum absolute atomic E-state index is 0.823. The van der Waals surface area contributed by atoms with Crippen LogP contribution in [0.3, 0.4) is 0 Å². The van der Waals surface area contributed by atoms with E-state index in [0.717, 1.165) is 18.4 Å². The number of nitrogens with one attached hydrogen (secondary N) is 1. The third-order valence-corrected chi connectivity index (χ3v) is 4.28. The zero-order chi connectivity index (χ0) is 13.5. The summed E-state index contributed by atoms with van der Waals surface area (Å²) in [5.41, 5.74) is 1.30. The molecule has 1 fully saturated rings. The Morgan fingerprint density at radius 2 is 2.42 bits per heavy atom. The van der Waals surface area contributed by atoms with Crippen LogP contribution < -0.4 is 5.32 Å². The molecule has 2 unspecified atom stereocenters. The van der Waals surface area contributed by atoms with E-state index in [4.69, 9.17) is 0 Å². The molecular weight excluding hydrogens is 234 g/mol. The van der Waals surface area contributed by atoms with Crippen molar-refractivity contribution >= 4 is 0 Å². The highest BCUT2D eigenvalue weighted by Crippen LogP contribution is 2.22. The van der Waals surface area contributed by atoms with Crippen LogP contribution in [0.1, 0.15) is 31.7 Å². The molecule has 0 radical (unpaired) electrons. The molecule has 2 atom stereocenters. The zero-order valence-electron chi connectivity index (χ0n) is 12.3. The molecule has 0 spiro atoms. The Morgan fingerprint density at radius 1 is 1.53 bits per heavy atom. The topological polar surface area (TPSA) is 28.2 Å². The van der Waals surface area contributed by atoms with Crippen LogP contribution in [0.2, 0.25) is 0 Å². The summed E-state index contributed by atoms with van der Waals surface area (Å²) in [5.74, 6) is 1.70. The number of hydrogen-bond acceptors (Lipinski definition) is 3. The van der Waals surface area contributed by atoms with Crippen molar-refractivity contribution in [2.45, 2.75) is 32.7 Å². The van der Waals surface area contributed by atoms with E-state index in [1.807, 2.05) is 18.5 Å². The van der Waals surface area contributed by atoms with Crippen LogP contribution in [0, 0.1) is 11.8 Å². The predicted molar refractivity (Wildman–Crippen MR) is 79.9 cm³/mol. The van der Waals surface area contributed by atoms with Crippen LogP contribution >= 0.6 is 0 Å². The van der Waals surface area contributed by atoms with Gasteiger partial charge >= 0.3 is 0 Å². The highest BCUT2D eigenvalue weighted by Gasteiger charge is 2.19. The first-order chi connectivity index (χ1) is 9.25. The van der Waals surface area contributed by atoms with Gasteiger partial charge in [-0.15, -0.1) is 0 Å². The normalized spacial score (nSPS) is 21.5. The van der Waals surface area contributed by atoms with Crippen molar-refractivity contribution in [1.29, 1.82) is 0 Å². The van der Waals surface area contributed by atoms with E-state index in [1.165, 1.54) is 44.5 Å². The number of aromatic nitrogens is 1. The molecule has 1 aliphatic heterocycles. The second-order valence-corrected chi connectivity index (χ2v) is 5.97. The van der Waals surface area contributed by atoms with Crippen molar-refractivity contribution in [3.8, 4) is 0 Å². The van der Waals surface area contributed by atoms with Gasteiger partial charge in [0.1, 0.15) is 0 Å². The summed E-state index contributed by atoms with van der Waals surface area (Å²) < 4.78 is 0. The smallest absolute Gasteiger partial charge is 0.0312 e. The van der Waals surface area contributed by atoms with Gasteiger partial charge in [-0.3, -0.25) is 4.98 Å². The number of rotatable bonds is 6. The Morgan fingerprint density at radius 3 is 3.11 bits per heavy atom. The van der Waals surface area contributed by atoms with Gasteiger partial charge in [-0.05, 0) is 69.4 Å². The van der Waals surface area contributed by atoms with Gasteiger partial charge in [0, 0.05) is 18.9 Å². The lowest BCUT2D eigenvalue weighted by atomic mass is 9.85. The van der Waals surface area contributed by atoms with Gasteiger partial charge in [0.25, 0.3) is 0 Å². The fourth-order valence-corrected chi connectivity index (χ4v) is 2.91. The second-order valence-electron chi connectivity index (χ2n) is 5.97. The van der Waals surface area contributed by atoms with E-state index in [1.54, 1.807) is 0 Å². The van der Waals surface area contributed by atoms with Crippen LogP contribution in [0.4, 0.5) is 0 Å². The maximum atomic E-state index is 4.17. The summed E-state index contributed by atoms with van der Waals surface area (Å²) in [6, 6.07) is 4.16. The van der Waals surface area contributed by atoms with Gasteiger partial charge in [-0.1, -0.05) is 13.0 Å². The largest absolute Gasteiger partial charge is 0.316 e. The molecule has 1 aromatic heterocycles. The summed E-state index contributed by atoms with van der Waals surface area (Å²) in [5, 5.41) is 3.52. The fraction of sp³-hybridized carbons (Fsp3) is 0.688. The van der Waals surface area contributed by atoms with Gasteiger partial charge < -0.3 is 10.2 Å². The molecule has 0 aromatic carbocycles. The van der Waals surface area contributed by atoms with Crippen molar-refractivity contribution in [1.82, 2.24) is 15.2 Å². The second kappa shape index (κ2) is 7.61. The van der Waals surface area contributed by atoms with Crippen molar-refractivity contribution in [2.75, 3.05) is 26.7 Å². The molecule has 0 aliphatic carbocycles. The molecule has 0 bridgehead atoms. The molecule has 106 valence electrons. The van der Waals surface area contributed by atoms with E-state index in [2.05, 4.69) is 35.2 Å². The van der Waals surface area contributed by atoms with Crippen molar-refractivity contribution in [2.24, 2.45) is 11.8 Å². The van der Waals surface area contributed by atoms with Gasteiger partial charge in [0.2, 0.25) is 0 Å². The van der Waals surface area contributed by atoms with Gasteiger partial charge in [-0.2, -0.15) is 0 Å². The quantitative estimate of drug-likeness (QED) is 0.853. The van der Waals surface area contributed by atoms with Crippen molar-refractivity contribution in [3.05, 3.63) is 30.1 Å². The first-order valence-electron chi connectivity index (χ1n) is 7.54. The van der Waals surface area contributed by atoms with Crippen LogP contribution in [-0.2, 0) is 6.54 Å². The SMILES string of the molecule is CC(CCN(C)Cc1cccnc1)C1CCCNC1. The fourth-order valence-electron chi connectivity index (χ4n) is 2.91. The Bertz CT molecular complexity index is 346. The summed E-state index contributed by atoms with van der Waals surface area (Å²) >= 11 is 0. The summed E-state index contributed by atoms with van der Waals surface area (Å²) in [6.45, 7) is 7.02. The highest BCUT2D eigenvalue weighted by atomic mass is 15.1. The average molecular weight is 261 g/mol. The van der Waals surface area contributed by atoms with Crippen LogP contribution in [0.25, 0.3) is 0 Å². The lowest BCUT2D eigenvalue weighted by Crippen LogP contribution is -2.34. The number of nitrogens with zero attached hydrogens (tertiary/aromatic N) is 2. The summed E-state index contributed by atoms with van der Waals surface area (Å²) in [4.78, 5) is 6.58. The molecule has 3 nitrogen and oxygen atoms in total. The molecule has 3 heteroatoms. The molecule has 1 N–H and O–H groups in total. The average Bonchev–Trinajstić information content (AvgIpc) is 2.47. The Hall–Kier alpha value is -0.930. The highest BCUT2D eigenvalue weighted by molar-refractivity contribution is 5.07. The molecule has 0 saturated carbocycles. The zero-order valence-corrected chi connectivity index (χ0v) is 12.3. The maximum absolute atomic E-state index is 4.17. The van der Waals surface area contributed by atoms with Gasteiger partial charge in [0.05, 0.1) is 0 Å². The molecule has 1 aromatic rings. The Labute approximate surface area is 117 Å². The standard InChI is InChI=1S/C16H27N3/c1-14(16-6-4-9-18-12-16)7-10-19(2)13-15-5-3-8-17-11-15/h3,5,8,11,14,16,18H,4,6-7,9-10,12-13H2,1-2H3. The first-order valence-corrected chi connectivity index (χ1v) is 7.54. The first kappa shape index (κ1) is 14.5. The van der Waals surface area contributed by atoms with E-state index in [-0.39, 0.29) is 0 Å². The lowest BCUT2D eigenvalue weighted by Gasteiger charge is -2.29. The van der Waals surface area contributed by atoms with Crippen LogP contribution in [0.15, 0.2) is 24.5 Å². The van der Waals surface area contributed by atoms with E-state index in [9.17, 15) is 0 Å². The van der Waals surface area contributed by atoms with Crippen molar-refractivity contribution in [3.63, 3.8) is 0 Å². The molecular formula is C16H27N3. The predicted octanol–water partition coefficient (Wildman–Crippen LogP) is 2.54. The molecule has 1 saturated heterocycles. The molecule has 2 rings (SSSR count).